The van der Waals surface area contributed by atoms with Gasteiger partial charge in [0.05, 0.1) is 12.1 Å². The second-order valence-electron chi connectivity index (χ2n) is 16.3. The standard InChI is InChI=1S/C37H60N6O6/c1-7-20-38-33(47)31(45)25-17-13-11-9-8-10-12-14-18-26(34(48)43-22-24-29(37(24,5)6)30(43)32(46)39-25)40-35(49)41-27(36(2,3)4)23-42-21-16-15-19-28(42)44/h7,24-27,29-30H,1,8-23H2,2-6H3,(H,38,47)(H,39,46)(H2,40,41,49)/t24-,25-,26-,27+,29?,30-/m0/s1. The number of fused-ring (bicyclic) bond motifs is 3. The lowest BCUT2D eigenvalue weighted by atomic mass is 9.86. The predicted molar refractivity (Wildman–Crippen MR) is 187 cm³/mol. The lowest BCUT2D eigenvalue weighted by Crippen LogP contribution is -2.60. The van der Waals surface area contributed by atoms with E-state index in [1.54, 1.807) is 4.90 Å². The van der Waals surface area contributed by atoms with E-state index in [4.69, 9.17) is 0 Å². The molecule has 3 saturated heterocycles. The minimum absolute atomic E-state index is 0.0941. The molecule has 3 heterocycles. The van der Waals surface area contributed by atoms with Crippen LogP contribution in [0.4, 0.5) is 4.79 Å². The Kier molecular flexibility index (Phi) is 12.9. The number of carbonyl (C=O) groups is 6. The first kappa shape index (κ1) is 38.4. The number of hydrogen-bond donors (Lipinski definition) is 4. The van der Waals surface area contributed by atoms with Gasteiger partial charge in [-0.05, 0) is 48.3 Å². The van der Waals surface area contributed by atoms with Crippen molar-refractivity contribution >= 4 is 35.4 Å². The summed E-state index contributed by atoms with van der Waals surface area (Å²) in [6, 6.07) is -3.47. The van der Waals surface area contributed by atoms with Crippen LogP contribution in [0.2, 0.25) is 0 Å². The number of urea groups is 1. The lowest BCUT2D eigenvalue weighted by Gasteiger charge is -2.38. The van der Waals surface area contributed by atoms with Crippen LogP contribution in [0.1, 0.15) is 112 Å². The van der Waals surface area contributed by atoms with Crippen LogP contribution in [0.5, 0.6) is 0 Å². The largest absolute Gasteiger partial charge is 0.346 e. The molecule has 0 spiro atoms. The fourth-order valence-corrected chi connectivity index (χ4v) is 7.96. The van der Waals surface area contributed by atoms with Crippen molar-refractivity contribution in [2.75, 3.05) is 26.2 Å². The molecule has 1 unspecified atom stereocenters. The van der Waals surface area contributed by atoms with Gasteiger partial charge in [0.15, 0.2) is 0 Å². The molecule has 4 fully saturated rings. The van der Waals surface area contributed by atoms with E-state index in [1.165, 1.54) is 6.08 Å². The first-order valence-electron chi connectivity index (χ1n) is 18.6. The summed E-state index contributed by atoms with van der Waals surface area (Å²) in [5.41, 5.74) is -0.506. The minimum atomic E-state index is -0.996. The Morgan fingerprint density at radius 2 is 1.63 bits per heavy atom. The highest BCUT2D eigenvalue weighted by atomic mass is 16.2. The highest BCUT2D eigenvalue weighted by Crippen LogP contribution is 2.65. The van der Waals surface area contributed by atoms with Crippen LogP contribution in [0.3, 0.4) is 0 Å². The van der Waals surface area contributed by atoms with Crippen molar-refractivity contribution in [2.24, 2.45) is 22.7 Å². The summed E-state index contributed by atoms with van der Waals surface area (Å²) >= 11 is 0. The summed E-state index contributed by atoms with van der Waals surface area (Å²) in [7, 11) is 0. The number of nitrogens with zero attached hydrogens (tertiary/aromatic N) is 2. The van der Waals surface area contributed by atoms with Gasteiger partial charge in [0.25, 0.3) is 5.91 Å². The Labute approximate surface area is 292 Å². The Morgan fingerprint density at radius 1 is 0.980 bits per heavy atom. The molecular weight excluding hydrogens is 624 g/mol. The van der Waals surface area contributed by atoms with Crippen LogP contribution < -0.4 is 21.3 Å². The van der Waals surface area contributed by atoms with Crippen LogP contribution in [0, 0.1) is 22.7 Å². The Hall–Kier alpha value is -3.44. The number of likely N-dealkylation sites (tertiary alicyclic amines) is 1. The molecule has 4 N–H and O–H groups in total. The van der Waals surface area contributed by atoms with Crippen molar-refractivity contribution in [3.05, 3.63) is 12.7 Å². The van der Waals surface area contributed by atoms with E-state index in [0.717, 1.165) is 51.4 Å². The molecule has 4 aliphatic rings. The number of Topliss-reactive ketones (excluding diaryl/α,β-unsaturated/α-hetero) is 1. The molecule has 0 aromatic heterocycles. The van der Waals surface area contributed by atoms with Crippen LogP contribution in [0.25, 0.3) is 0 Å². The molecule has 0 radical (unpaired) electrons. The molecule has 12 nitrogen and oxygen atoms in total. The summed E-state index contributed by atoms with van der Waals surface area (Å²) < 4.78 is 0. The van der Waals surface area contributed by atoms with Gasteiger partial charge in [0.2, 0.25) is 23.5 Å². The van der Waals surface area contributed by atoms with Crippen molar-refractivity contribution in [2.45, 2.75) is 136 Å². The second kappa shape index (κ2) is 16.5. The van der Waals surface area contributed by atoms with E-state index in [-0.39, 0.29) is 47.1 Å². The van der Waals surface area contributed by atoms with Crippen LogP contribution in [0.15, 0.2) is 12.7 Å². The molecule has 1 saturated carbocycles. The highest BCUT2D eigenvalue weighted by molar-refractivity contribution is 6.38. The van der Waals surface area contributed by atoms with E-state index in [9.17, 15) is 28.8 Å². The molecule has 0 aromatic carbocycles. The first-order valence-corrected chi connectivity index (χ1v) is 18.6. The molecule has 49 heavy (non-hydrogen) atoms. The molecule has 1 aliphatic carbocycles. The van der Waals surface area contributed by atoms with Gasteiger partial charge in [0.1, 0.15) is 12.1 Å². The summed E-state index contributed by atoms with van der Waals surface area (Å²) in [6.45, 7) is 15.4. The third-order valence-electron chi connectivity index (χ3n) is 11.3. The van der Waals surface area contributed by atoms with Gasteiger partial charge in [0, 0.05) is 32.6 Å². The number of nitrogens with one attached hydrogen (secondary N) is 4. The second-order valence-corrected chi connectivity index (χ2v) is 16.3. The maximum absolute atomic E-state index is 14.4. The summed E-state index contributed by atoms with van der Waals surface area (Å²) in [4.78, 5) is 83.9. The average Bonchev–Trinajstić information content (AvgIpc) is 3.35. The van der Waals surface area contributed by atoms with Crippen molar-refractivity contribution in [3.63, 3.8) is 0 Å². The fourth-order valence-electron chi connectivity index (χ4n) is 7.96. The molecule has 0 bridgehead atoms. The highest BCUT2D eigenvalue weighted by Gasteiger charge is 2.69. The van der Waals surface area contributed by atoms with Gasteiger partial charge in [-0.3, -0.25) is 24.0 Å². The number of carbonyl (C=O) groups excluding carboxylic acids is 6. The summed E-state index contributed by atoms with van der Waals surface area (Å²) in [5, 5.41) is 11.5. The Balaban J connectivity index is 1.54. The maximum atomic E-state index is 14.4. The molecule has 12 heteroatoms. The minimum Gasteiger partial charge on any atom is -0.346 e. The number of hydrogen-bond acceptors (Lipinski definition) is 6. The van der Waals surface area contributed by atoms with Crippen molar-refractivity contribution in [1.82, 2.24) is 31.1 Å². The van der Waals surface area contributed by atoms with Crippen molar-refractivity contribution in [1.29, 1.82) is 0 Å². The monoisotopic (exact) mass is 684 g/mol. The molecular formula is C37H60N6O6. The summed E-state index contributed by atoms with van der Waals surface area (Å²) in [5.74, 6) is -2.10. The van der Waals surface area contributed by atoms with Gasteiger partial charge in [-0.2, -0.15) is 0 Å². The maximum Gasteiger partial charge on any atom is 0.315 e. The van der Waals surface area contributed by atoms with E-state index >= 15 is 0 Å². The number of ketones is 1. The number of rotatable bonds is 8. The van der Waals surface area contributed by atoms with Crippen LogP contribution in [-0.2, 0) is 24.0 Å². The quantitative estimate of drug-likeness (QED) is 0.227. The zero-order chi connectivity index (χ0) is 35.9. The van der Waals surface area contributed by atoms with Crippen LogP contribution in [-0.4, -0.2) is 95.6 Å². The first-order chi connectivity index (χ1) is 23.2. The van der Waals surface area contributed by atoms with E-state index < -0.39 is 41.8 Å². The number of amides is 6. The molecule has 3 aliphatic heterocycles. The third kappa shape index (κ3) is 9.63. The molecule has 0 aromatic rings. The molecule has 274 valence electrons. The van der Waals surface area contributed by atoms with E-state index in [2.05, 4.69) is 41.7 Å². The lowest BCUT2D eigenvalue weighted by molar-refractivity contribution is -0.144. The van der Waals surface area contributed by atoms with Crippen molar-refractivity contribution in [3.8, 4) is 0 Å². The smallest absolute Gasteiger partial charge is 0.315 e. The van der Waals surface area contributed by atoms with Gasteiger partial charge in [-0.1, -0.05) is 85.6 Å². The van der Waals surface area contributed by atoms with E-state index in [0.29, 0.717) is 45.3 Å². The summed E-state index contributed by atoms with van der Waals surface area (Å²) in [6.07, 6.45) is 10.8. The van der Waals surface area contributed by atoms with Gasteiger partial charge < -0.3 is 31.1 Å². The Bertz CT molecular complexity index is 1260. The van der Waals surface area contributed by atoms with Gasteiger partial charge in [-0.15, -0.1) is 6.58 Å². The SMILES string of the molecule is C=CCNC(=O)C(=O)[C@@H]1CCCCCCCCC[C@H](NC(=O)N[C@H](CN2CCCCC2=O)C(C)(C)C)C(=O)N2C[C@H]3C([C@H]2C(=O)N1)C3(C)C. The van der Waals surface area contributed by atoms with Gasteiger partial charge >= 0.3 is 6.03 Å². The number of piperidine rings is 2. The topological polar surface area (TPSA) is 157 Å². The predicted octanol–water partition coefficient (Wildman–Crippen LogP) is 3.45. The third-order valence-corrected chi connectivity index (χ3v) is 11.3. The van der Waals surface area contributed by atoms with E-state index in [1.807, 2.05) is 25.7 Å². The fraction of sp³-hybridized carbons (Fsp3) is 0.784. The molecule has 6 atom stereocenters. The zero-order valence-electron chi connectivity index (χ0n) is 30.4. The molecule has 4 rings (SSSR count). The van der Waals surface area contributed by atoms with Crippen LogP contribution >= 0.6 is 0 Å². The Morgan fingerprint density at radius 3 is 2.27 bits per heavy atom. The molecule has 6 amide bonds. The zero-order valence-corrected chi connectivity index (χ0v) is 30.4. The average molecular weight is 685 g/mol. The van der Waals surface area contributed by atoms with Gasteiger partial charge in [-0.25, -0.2) is 4.79 Å². The normalized spacial score (nSPS) is 28.8. The van der Waals surface area contributed by atoms with Crippen molar-refractivity contribution < 1.29 is 28.8 Å².